The first-order valence-electron chi connectivity index (χ1n) is 6.64. The summed E-state index contributed by atoms with van der Waals surface area (Å²) in [4.78, 5) is 12.0. The van der Waals surface area contributed by atoms with Gasteiger partial charge in [-0.25, -0.2) is 8.78 Å². The third kappa shape index (κ3) is 2.61. The van der Waals surface area contributed by atoms with Crippen LogP contribution in [0.2, 0.25) is 0 Å². The van der Waals surface area contributed by atoms with E-state index in [0.717, 1.165) is 37.8 Å². The number of carbonyl (C=O) groups is 1. The van der Waals surface area contributed by atoms with Gasteiger partial charge in [-0.3, -0.25) is 4.79 Å². The van der Waals surface area contributed by atoms with Crippen LogP contribution in [0, 0.1) is 11.6 Å². The number of halogens is 2. The molecule has 19 heavy (non-hydrogen) atoms. The molecule has 2 heterocycles. The molecule has 1 aromatic rings. The Morgan fingerprint density at radius 1 is 1.21 bits per heavy atom. The Morgan fingerprint density at radius 3 is 2.53 bits per heavy atom. The van der Waals surface area contributed by atoms with Crippen molar-refractivity contribution in [3.05, 3.63) is 35.4 Å². The van der Waals surface area contributed by atoms with Gasteiger partial charge in [-0.15, -0.1) is 0 Å². The molecule has 2 atom stereocenters. The van der Waals surface area contributed by atoms with E-state index in [9.17, 15) is 13.6 Å². The highest BCUT2D eigenvalue weighted by Crippen LogP contribution is 2.27. The van der Waals surface area contributed by atoms with Crippen molar-refractivity contribution in [2.75, 3.05) is 0 Å². The summed E-state index contributed by atoms with van der Waals surface area (Å²) in [6, 6.07) is 4.03. The Morgan fingerprint density at radius 2 is 1.89 bits per heavy atom. The van der Waals surface area contributed by atoms with E-state index in [2.05, 4.69) is 10.6 Å². The first kappa shape index (κ1) is 12.5. The van der Waals surface area contributed by atoms with Crippen LogP contribution in [0.5, 0.6) is 0 Å². The van der Waals surface area contributed by atoms with Gasteiger partial charge < -0.3 is 10.6 Å². The topological polar surface area (TPSA) is 41.1 Å². The predicted octanol–water partition coefficient (Wildman–Crippen LogP) is 1.98. The lowest BCUT2D eigenvalue weighted by atomic mass is 9.99. The van der Waals surface area contributed by atoms with Gasteiger partial charge in [-0.05, 0) is 37.8 Å². The number of nitrogens with one attached hydrogen (secondary N) is 2. The molecule has 2 fully saturated rings. The molecule has 3 rings (SSSR count). The molecule has 2 N–H and O–H groups in total. The van der Waals surface area contributed by atoms with Crippen molar-refractivity contribution in [1.29, 1.82) is 0 Å². The zero-order valence-corrected chi connectivity index (χ0v) is 10.5. The Kier molecular flexibility index (Phi) is 3.22. The molecule has 0 aromatic heterocycles. The van der Waals surface area contributed by atoms with Crippen LogP contribution >= 0.6 is 0 Å². The number of amides is 1. The van der Waals surface area contributed by atoms with E-state index >= 15 is 0 Å². The van der Waals surface area contributed by atoms with Crippen LogP contribution in [0.4, 0.5) is 8.78 Å². The normalized spacial score (nSPS) is 29.3. The molecule has 2 saturated heterocycles. The van der Waals surface area contributed by atoms with E-state index in [0.29, 0.717) is 12.1 Å². The minimum atomic E-state index is -0.811. The summed E-state index contributed by atoms with van der Waals surface area (Å²) < 4.78 is 26.3. The fourth-order valence-corrected chi connectivity index (χ4v) is 3.11. The Balaban J connectivity index is 1.68. The second kappa shape index (κ2) is 4.89. The van der Waals surface area contributed by atoms with Crippen molar-refractivity contribution in [3.8, 4) is 0 Å². The molecule has 5 heteroatoms. The lowest BCUT2D eigenvalue weighted by Gasteiger charge is -2.29. The number of hydrogen-bond acceptors (Lipinski definition) is 2. The van der Waals surface area contributed by atoms with Gasteiger partial charge in [0.15, 0.2) is 0 Å². The lowest BCUT2D eigenvalue weighted by Crippen LogP contribution is -2.48. The maximum Gasteiger partial charge on any atom is 0.254 e. The maximum absolute atomic E-state index is 13.5. The fourth-order valence-electron chi connectivity index (χ4n) is 3.11. The van der Waals surface area contributed by atoms with Crippen molar-refractivity contribution in [1.82, 2.24) is 10.6 Å². The molecule has 1 amide bonds. The zero-order chi connectivity index (χ0) is 13.4. The summed E-state index contributed by atoms with van der Waals surface area (Å²) in [7, 11) is 0. The van der Waals surface area contributed by atoms with Gasteiger partial charge in [0, 0.05) is 24.2 Å². The van der Waals surface area contributed by atoms with Crippen molar-refractivity contribution >= 4 is 5.91 Å². The summed E-state index contributed by atoms with van der Waals surface area (Å²) >= 11 is 0. The monoisotopic (exact) mass is 266 g/mol. The number of carbonyl (C=O) groups excluding carboxylic acids is 1. The first-order chi connectivity index (χ1) is 9.11. The fraction of sp³-hybridized carbons (Fsp3) is 0.500. The second-order valence-electron chi connectivity index (χ2n) is 5.40. The van der Waals surface area contributed by atoms with E-state index in [1.165, 1.54) is 6.07 Å². The van der Waals surface area contributed by atoms with Crippen LogP contribution in [0.25, 0.3) is 0 Å². The SMILES string of the molecule is O=C(NC1CC2CCC(C1)N2)c1ccc(F)cc1F. The van der Waals surface area contributed by atoms with E-state index in [1.54, 1.807) is 0 Å². The largest absolute Gasteiger partial charge is 0.349 e. The molecule has 2 unspecified atom stereocenters. The summed E-state index contributed by atoms with van der Waals surface area (Å²) in [6.07, 6.45) is 4.04. The molecular weight excluding hydrogens is 250 g/mol. The third-order valence-corrected chi connectivity index (χ3v) is 3.98. The molecular formula is C14H16F2N2O. The molecule has 3 nitrogen and oxygen atoms in total. The minimum Gasteiger partial charge on any atom is -0.349 e. The van der Waals surface area contributed by atoms with E-state index < -0.39 is 17.5 Å². The predicted molar refractivity (Wildman–Crippen MR) is 66.8 cm³/mol. The molecule has 0 aliphatic carbocycles. The number of hydrogen-bond donors (Lipinski definition) is 2. The number of fused-ring (bicyclic) bond motifs is 2. The van der Waals surface area contributed by atoms with Crippen molar-refractivity contribution in [3.63, 3.8) is 0 Å². The molecule has 102 valence electrons. The van der Waals surface area contributed by atoms with Crippen LogP contribution in [0.1, 0.15) is 36.0 Å². The van der Waals surface area contributed by atoms with Crippen molar-refractivity contribution < 1.29 is 13.6 Å². The van der Waals surface area contributed by atoms with Gasteiger partial charge in [0.25, 0.3) is 5.91 Å². The molecule has 0 saturated carbocycles. The van der Waals surface area contributed by atoms with Gasteiger partial charge in [-0.2, -0.15) is 0 Å². The average molecular weight is 266 g/mol. The summed E-state index contributed by atoms with van der Waals surface area (Å²) in [5, 5.41) is 6.33. The standard InChI is InChI=1S/C14H16F2N2O/c15-8-1-4-12(13(16)5-8)14(19)18-11-6-9-2-3-10(7-11)17-9/h1,4-5,9-11,17H,2-3,6-7H2,(H,18,19). The summed E-state index contributed by atoms with van der Waals surface area (Å²) in [5.74, 6) is -1.94. The minimum absolute atomic E-state index is 0.0794. The molecule has 2 aliphatic heterocycles. The van der Waals surface area contributed by atoms with Crippen molar-refractivity contribution in [2.24, 2.45) is 0 Å². The second-order valence-corrected chi connectivity index (χ2v) is 5.40. The Labute approximate surface area is 110 Å². The maximum atomic E-state index is 13.5. The molecule has 2 bridgehead atoms. The highest BCUT2D eigenvalue weighted by molar-refractivity contribution is 5.94. The summed E-state index contributed by atoms with van der Waals surface area (Å²) in [6.45, 7) is 0. The number of piperidine rings is 1. The number of rotatable bonds is 2. The van der Waals surface area contributed by atoms with E-state index in [1.807, 2.05) is 0 Å². The van der Waals surface area contributed by atoms with Crippen LogP contribution in [-0.4, -0.2) is 24.0 Å². The van der Waals surface area contributed by atoms with Crippen LogP contribution in [0.15, 0.2) is 18.2 Å². The number of benzene rings is 1. The van der Waals surface area contributed by atoms with Crippen LogP contribution in [0.3, 0.4) is 0 Å². The van der Waals surface area contributed by atoms with Gasteiger partial charge >= 0.3 is 0 Å². The molecule has 1 aromatic carbocycles. The van der Waals surface area contributed by atoms with Crippen LogP contribution < -0.4 is 10.6 Å². The summed E-state index contributed by atoms with van der Waals surface area (Å²) in [5.41, 5.74) is -0.0905. The third-order valence-electron chi connectivity index (χ3n) is 3.98. The van der Waals surface area contributed by atoms with Crippen molar-refractivity contribution in [2.45, 2.75) is 43.8 Å². The first-order valence-corrected chi connectivity index (χ1v) is 6.64. The molecule has 0 spiro atoms. The smallest absolute Gasteiger partial charge is 0.254 e. The van der Waals surface area contributed by atoms with E-state index in [4.69, 9.17) is 0 Å². The Hall–Kier alpha value is -1.49. The van der Waals surface area contributed by atoms with Gasteiger partial charge in [0.2, 0.25) is 0 Å². The average Bonchev–Trinajstić information content (AvgIpc) is 2.68. The van der Waals surface area contributed by atoms with Gasteiger partial charge in [-0.1, -0.05) is 0 Å². The highest BCUT2D eigenvalue weighted by atomic mass is 19.1. The molecule has 2 aliphatic rings. The molecule has 0 radical (unpaired) electrons. The highest BCUT2D eigenvalue weighted by Gasteiger charge is 2.34. The van der Waals surface area contributed by atoms with Gasteiger partial charge in [0.05, 0.1) is 5.56 Å². The van der Waals surface area contributed by atoms with E-state index in [-0.39, 0.29) is 11.6 Å². The quantitative estimate of drug-likeness (QED) is 0.859. The Bertz CT molecular complexity index is 494. The van der Waals surface area contributed by atoms with Gasteiger partial charge in [0.1, 0.15) is 11.6 Å². The van der Waals surface area contributed by atoms with Crippen LogP contribution in [-0.2, 0) is 0 Å². The zero-order valence-electron chi connectivity index (χ0n) is 10.5. The lowest BCUT2D eigenvalue weighted by molar-refractivity contribution is 0.0920.